The third-order valence-corrected chi connectivity index (χ3v) is 7.15. The number of methoxy groups -OCH3 is 1. The molecule has 1 aromatic carbocycles. The molecule has 2 aliphatic carbocycles. The molecule has 1 saturated heterocycles. The first kappa shape index (κ1) is 19.3. The van der Waals surface area contributed by atoms with E-state index in [1.54, 1.807) is 7.11 Å². The molecule has 28 heavy (non-hydrogen) atoms. The lowest BCUT2D eigenvalue weighted by atomic mass is 9.91. The van der Waals surface area contributed by atoms with Crippen molar-refractivity contribution in [2.45, 2.75) is 57.8 Å². The molecule has 1 atom stereocenters. The molecule has 1 N–H and O–H groups in total. The van der Waals surface area contributed by atoms with Crippen LogP contribution in [0, 0.1) is 17.3 Å². The number of hydrogen-bond acceptors (Lipinski definition) is 3. The van der Waals surface area contributed by atoms with Crippen molar-refractivity contribution in [1.82, 2.24) is 4.90 Å². The molecule has 4 rings (SSSR count). The Labute approximate surface area is 167 Å². The van der Waals surface area contributed by atoms with Crippen molar-refractivity contribution in [3.05, 3.63) is 24.3 Å². The zero-order chi connectivity index (χ0) is 19.6. The molecule has 3 fully saturated rings. The minimum Gasteiger partial charge on any atom is -0.497 e. The molecule has 2 amide bonds. The third-order valence-electron chi connectivity index (χ3n) is 7.15. The maximum absolute atomic E-state index is 12.8. The van der Waals surface area contributed by atoms with Gasteiger partial charge in [0.15, 0.2) is 0 Å². The Morgan fingerprint density at radius 1 is 1.21 bits per heavy atom. The van der Waals surface area contributed by atoms with Gasteiger partial charge in [0.1, 0.15) is 5.75 Å². The molecule has 1 spiro atoms. The predicted octanol–water partition coefficient (Wildman–Crippen LogP) is 4.23. The lowest BCUT2D eigenvalue weighted by Gasteiger charge is -2.32. The zero-order valence-corrected chi connectivity index (χ0v) is 16.9. The summed E-state index contributed by atoms with van der Waals surface area (Å²) in [5.74, 6) is 2.06. The van der Waals surface area contributed by atoms with E-state index in [1.165, 1.54) is 25.7 Å². The van der Waals surface area contributed by atoms with Crippen LogP contribution in [0.5, 0.6) is 5.75 Å². The first-order valence-corrected chi connectivity index (χ1v) is 10.8. The van der Waals surface area contributed by atoms with Gasteiger partial charge in [-0.25, -0.2) is 0 Å². The van der Waals surface area contributed by atoms with Crippen LogP contribution in [0.25, 0.3) is 0 Å². The molecular weight excluding hydrogens is 352 g/mol. The van der Waals surface area contributed by atoms with E-state index in [4.69, 9.17) is 4.74 Å². The standard InChI is InChI=1S/C23H32N2O3/c1-28-19-6-4-5-18(15-19)24-21(26)8-7-17-9-13-25(14-10-17)22(27)20-16-23(20)11-2-3-12-23/h4-6,15,17,20H,2-3,7-14,16H2,1H3,(H,24,26). The van der Waals surface area contributed by atoms with Crippen molar-refractivity contribution in [3.8, 4) is 5.75 Å². The van der Waals surface area contributed by atoms with Crippen molar-refractivity contribution < 1.29 is 14.3 Å². The van der Waals surface area contributed by atoms with Gasteiger partial charge in [-0.1, -0.05) is 18.9 Å². The summed E-state index contributed by atoms with van der Waals surface area (Å²) in [6, 6.07) is 7.44. The Balaban J connectivity index is 1.17. The summed E-state index contributed by atoms with van der Waals surface area (Å²) in [6.45, 7) is 1.74. The van der Waals surface area contributed by atoms with Crippen LogP contribution in [0.2, 0.25) is 0 Å². The van der Waals surface area contributed by atoms with E-state index in [0.29, 0.717) is 29.6 Å². The normalized spacial score (nSPS) is 23.6. The first-order chi connectivity index (χ1) is 13.6. The van der Waals surface area contributed by atoms with E-state index in [1.807, 2.05) is 24.3 Å². The summed E-state index contributed by atoms with van der Waals surface area (Å²) < 4.78 is 5.19. The molecule has 0 bridgehead atoms. The highest BCUT2D eigenvalue weighted by Gasteiger charge is 2.59. The fourth-order valence-electron chi connectivity index (χ4n) is 5.25. The maximum atomic E-state index is 12.8. The van der Waals surface area contributed by atoms with E-state index in [2.05, 4.69) is 10.2 Å². The number of anilines is 1. The largest absolute Gasteiger partial charge is 0.497 e. The van der Waals surface area contributed by atoms with Crippen LogP contribution in [0.1, 0.15) is 57.8 Å². The smallest absolute Gasteiger partial charge is 0.226 e. The molecule has 5 heteroatoms. The molecule has 1 aromatic rings. The third kappa shape index (κ3) is 4.18. The lowest BCUT2D eigenvalue weighted by Crippen LogP contribution is -2.40. The van der Waals surface area contributed by atoms with Crippen molar-refractivity contribution in [3.63, 3.8) is 0 Å². The van der Waals surface area contributed by atoms with Crippen LogP contribution < -0.4 is 10.1 Å². The number of rotatable bonds is 6. The van der Waals surface area contributed by atoms with Crippen LogP contribution in [0.4, 0.5) is 5.69 Å². The Morgan fingerprint density at radius 2 is 1.96 bits per heavy atom. The fraction of sp³-hybridized carbons (Fsp3) is 0.652. The molecule has 5 nitrogen and oxygen atoms in total. The van der Waals surface area contributed by atoms with E-state index in [9.17, 15) is 9.59 Å². The van der Waals surface area contributed by atoms with Crippen LogP contribution in [0.3, 0.4) is 0 Å². The molecule has 1 aliphatic heterocycles. The summed E-state index contributed by atoms with van der Waals surface area (Å²) in [6.07, 6.45) is 9.76. The van der Waals surface area contributed by atoms with Crippen LogP contribution >= 0.6 is 0 Å². The average molecular weight is 385 g/mol. The highest BCUT2D eigenvalue weighted by molar-refractivity contribution is 5.90. The van der Waals surface area contributed by atoms with Gasteiger partial charge in [0.05, 0.1) is 7.11 Å². The molecule has 1 heterocycles. The predicted molar refractivity (Wildman–Crippen MR) is 109 cm³/mol. The van der Waals surface area contributed by atoms with Crippen molar-refractivity contribution in [2.24, 2.45) is 17.3 Å². The van der Waals surface area contributed by atoms with Crippen molar-refractivity contribution in [1.29, 1.82) is 0 Å². The maximum Gasteiger partial charge on any atom is 0.226 e. The summed E-state index contributed by atoms with van der Waals surface area (Å²) in [4.78, 5) is 27.2. The summed E-state index contributed by atoms with van der Waals surface area (Å²) in [5.41, 5.74) is 1.17. The average Bonchev–Trinajstić information content (AvgIpc) is 3.22. The number of benzene rings is 1. The van der Waals surface area contributed by atoms with Gasteiger partial charge in [0.2, 0.25) is 11.8 Å². The SMILES string of the molecule is COc1cccc(NC(=O)CCC2CCN(C(=O)C3CC34CCCC4)CC2)c1. The summed E-state index contributed by atoms with van der Waals surface area (Å²) in [7, 11) is 1.62. The number of likely N-dealkylation sites (tertiary alicyclic amines) is 1. The Morgan fingerprint density at radius 3 is 2.68 bits per heavy atom. The number of carbonyl (C=O) groups excluding carboxylic acids is 2. The van der Waals surface area contributed by atoms with Gasteiger partial charge < -0.3 is 15.0 Å². The molecule has 1 unspecified atom stereocenters. The number of hydrogen-bond donors (Lipinski definition) is 1. The molecule has 2 saturated carbocycles. The highest BCUT2D eigenvalue weighted by Crippen LogP contribution is 2.63. The lowest BCUT2D eigenvalue weighted by molar-refractivity contribution is -0.135. The van der Waals surface area contributed by atoms with Gasteiger partial charge in [0.25, 0.3) is 0 Å². The highest BCUT2D eigenvalue weighted by atomic mass is 16.5. The molecule has 0 radical (unpaired) electrons. The van der Waals surface area contributed by atoms with E-state index >= 15 is 0 Å². The van der Waals surface area contributed by atoms with Crippen molar-refractivity contribution in [2.75, 3.05) is 25.5 Å². The van der Waals surface area contributed by atoms with Gasteiger partial charge in [-0.2, -0.15) is 0 Å². The number of nitrogens with one attached hydrogen (secondary N) is 1. The minimum atomic E-state index is 0.0490. The van der Waals surface area contributed by atoms with Crippen molar-refractivity contribution >= 4 is 17.5 Å². The van der Waals surface area contributed by atoms with Crippen LogP contribution in [0.15, 0.2) is 24.3 Å². The zero-order valence-electron chi connectivity index (χ0n) is 16.9. The minimum absolute atomic E-state index is 0.0490. The monoisotopic (exact) mass is 384 g/mol. The number of ether oxygens (including phenoxy) is 1. The number of carbonyl (C=O) groups is 2. The van der Waals surface area contributed by atoms with Gasteiger partial charge in [-0.3, -0.25) is 9.59 Å². The Bertz CT molecular complexity index is 718. The number of piperidine rings is 1. The van der Waals surface area contributed by atoms with E-state index in [-0.39, 0.29) is 5.91 Å². The second-order valence-electron chi connectivity index (χ2n) is 8.91. The molecule has 152 valence electrons. The Hall–Kier alpha value is -2.04. The van der Waals surface area contributed by atoms with E-state index in [0.717, 1.165) is 50.2 Å². The van der Waals surface area contributed by atoms with Gasteiger partial charge in [-0.15, -0.1) is 0 Å². The molecule has 0 aromatic heterocycles. The number of amides is 2. The number of nitrogens with zero attached hydrogens (tertiary/aromatic N) is 1. The topological polar surface area (TPSA) is 58.6 Å². The fourth-order valence-corrected chi connectivity index (χ4v) is 5.25. The second-order valence-corrected chi connectivity index (χ2v) is 8.91. The first-order valence-electron chi connectivity index (χ1n) is 10.8. The summed E-state index contributed by atoms with van der Waals surface area (Å²) in [5, 5.41) is 2.95. The molecule has 3 aliphatic rings. The Kier molecular flexibility index (Phi) is 5.61. The van der Waals surface area contributed by atoms with Crippen LogP contribution in [-0.4, -0.2) is 36.9 Å². The summed E-state index contributed by atoms with van der Waals surface area (Å²) >= 11 is 0. The van der Waals surface area contributed by atoms with Gasteiger partial charge in [-0.05, 0) is 62.0 Å². The quantitative estimate of drug-likeness (QED) is 0.798. The van der Waals surface area contributed by atoms with Gasteiger partial charge in [0, 0.05) is 37.2 Å². The molecular formula is C23H32N2O3. The van der Waals surface area contributed by atoms with Gasteiger partial charge >= 0.3 is 0 Å². The van der Waals surface area contributed by atoms with Crippen LogP contribution in [-0.2, 0) is 9.59 Å². The van der Waals surface area contributed by atoms with E-state index < -0.39 is 0 Å². The second kappa shape index (κ2) is 8.14.